The Bertz CT molecular complexity index is 470. The molecule has 0 saturated heterocycles. The van der Waals surface area contributed by atoms with E-state index in [1.807, 2.05) is 41.9 Å². The molecule has 1 aromatic carbocycles. The number of ketones is 1. The molecule has 0 fully saturated rings. The molecule has 3 nitrogen and oxygen atoms in total. The van der Waals surface area contributed by atoms with Gasteiger partial charge in [0.2, 0.25) is 5.78 Å². The first-order valence-electron chi connectivity index (χ1n) is 4.58. The number of carbonyl (C=O) groups is 1. The van der Waals surface area contributed by atoms with Gasteiger partial charge in [0, 0.05) is 10.9 Å². The molecule has 84 valence electrons. The zero-order valence-electron chi connectivity index (χ0n) is 8.47. The number of aromatic nitrogens is 1. The van der Waals surface area contributed by atoms with Crippen LogP contribution in [0.1, 0.15) is 10.4 Å². The van der Waals surface area contributed by atoms with Crippen LogP contribution in [0.5, 0.6) is 0 Å². The van der Waals surface area contributed by atoms with Gasteiger partial charge in [-0.05, 0) is 0 Å². The van der Waals surface area contributed by atoms with Crippen LogP contribution in [0, 0.1) is 0 Å². The molecule has 2 N–H and O–H groups in total. The molecule has 0 aliphatic carbocycles. The van der Waals surface area contributed by atoms with E-state index in [9.17, 15) is 4.79 Å². The Morgan fingerprint density at radius 1 is 1.31 bits per heavy atom. The van der Waals surface area contributed by atoms with Crippen LogP contribution in [0.25, 0.3) is 0 Å². The lowest BCUT2D eigenvalue weighted by atomic mass is 10.1. The number of nitrogen functional groups attached to an aromatic ring is 1. The third kappa shape index (κ3) is 2.81. The van der Waals surface area contributed by atoms with Crippen molar-refractivity contribution in [3.8, 4) is 0 Å². The number of hydrogen-bond acceptors (Lipinski definition) is 3. The first-order valence-corrected chi connectivity index (χ1v) is 5.46. The molecule has 0 spiro atoms. The Balaban J connectivity index is 0.00000128. The monoisotopic (exact) mass is 254 g/mol. The average molecular weight is 255 g/mol. The molecule has 2 rings (SSSR count). The summed E-state index contributed by atoms with van der Waals surface area (Å²) >= 11 is 1.43. The van der Waals surface area contributed by atoms with E-state index in [2.05, 4.69) is 0 Å². The second kappa shape index (κ2) is 5.63. The minimum Gasteiger partial charge on any atom is -1.00 e. The second-order valence-corrected chi connectivity index (χ2v) is 4.08. The fraction of sp³-hybridized carbons (Fsp3) is 0.0909. The highest BCUT2D eigenvalue weighted by Gasteiger charge is 2.12. The van der Waals surface area contributed by atoms with E-state index in [1.54, 1.807) is 4.57 Å². The predicted octanol–water partition coefficient (Wildman–Crippen LogP) is -1.50. The van der Waals surface area contributed by atoms with Crippen LogP contribution >= 0.6 is 11.3 Å². The smallest absolute Gasteiger partial charge is 0.332 e. The van der Waals surface area contributed by atoms with E-state index in [4.69, 9.17) is 5.73 Å². The van der Waals surface area contributed by atoms with Crippen molar-refractivity contribution in [1.29, 1.82) is 0 Å². The summed E-state index contributed by atoms with van der Waals surface area (Å²) in [5.41, 5.74) is 6.41. The zero-order chi connectivity index (χ0) is 10.7. The van der Waals surface area contributed by atoms with Crippen LogP contribution in [-0.4, -0.2) is 5.78 Å². The van der Waals surface area contributed by atoms with Crippen molar-refractivity contribution < 1.29 is 21.8 Å². The maximum atomic E-state index is 11.8. The molecule has 0 bridgehead atoms. The molecule has 1 heterocycles. The maximum absolute atomic E-state index is 11.8. The number of thiazole rings is 1. The van der Waals surface area contributed by atoms with Crippen molar-refractivity contribution >= 4 is 22.3 Å². The fourth-order valence-corrected chi connectivity index (χ4v) is 1.92. The number of halogens is 1. The van der Waals surface area contributed by atoms with E-state index in [0.717, 1.165) is 5.56 Å². The van der Waals surface area contributed by atoms with Gasteiger partial charge in [-0.1, -0.05) is 41.7 Å². The number of rotatable bonds is 3. The number of Topliss-reactive ketones (excluding diaryl/α,β-unsaturated/α-hetero) is 1. The Kier molecular flexibility index (Phi) is 4.46. The number of hydrogen-bond donors (Lipinski definition) is 1. The molecule has 0 saturated carbocycles. The van der Waals surface area contributed by atoms with E-state index >= 15 is 0 Å². The molecule has 0 aliphatic heterocycles. The van der Waals surface area contributed by atoms with Crippen LogP contribution in [0.3, 0.4) is 0 Å². The maximum Gasteiger partial charge on any atom is 0.332 e. The van der Waals surface area contributed by atoms with E-state index in [0.29, 0.717) is 11.7 Å². The summed E-state index contributed by atoms with van der Waals surface area (Å²) in [6.45, 7) is 0.305. The molecule has 0 atom stereocenters. The zero-order valence-corrected chi connectivity index (χ0v) is 10.0. The number of carbonyl (C=O) groups excluding carboxylic acids is 1. The normalized spacial score (nSPS) is 9.50. The van der Waals surface area contributed by atoms with Crippen molar-refractivity contribution in [2.24, 2.45) is 0 Å². The average Bonchev–Trinajstić information content (AvgIpc) is 2.66. The molecule has 0 unspecified atom stereocenters. The highest BCUT2D eigenvalue weighted by atomic mass is 35.5. The SMILES string of the molecule is Nc1scc[n+]1CC(=O)c1ccccc1.[Cl-]. The number of nitrogens with two attached hydrogens (primary N) is 1. The minimum absolute atomic E-state index is 0. The lowest BCUT2D eigenvalue weighted by Gasteiger charge is -1.98. The van der Waals surface area contributed by atoms with Gasteiger partial charge in [0.15, 0.2) is 6.54 Å². The third-order valence-electron chi connectivity index (χ3n) is 2.12. The quantitative estimate of drug-likeness (QED) is 0.536. The molecule has 0 amide bonds. The molecule has 2 aromatic rings. The van der Waals surface area contributed by atoms with Crippen molar-refractivity contribution in [1.82, 2.24) is 0 Å². The van der Waals surface area contributed by atoms with Crippen LogP contribution < -0.4 is 22.7 Å². The lowest BCUT2D eigenvalue weighted by molar-refractivity contribution is -0.664. The third-order valence-corrected chi connectivity index (χ3v) is 2.86. The Labute approximate surface area is 104 Å². The molecule has 16 heavy (non-hydrogen) atoms. The summed E-state index contributed by atoms with van der Waals surface area (Å²) in [7, 11) is 0. The van der Waals surface area contributed by atoms with Gasteiger partial charge < -0.3 is 12.4 Å². The summed E-state index contributed by atoms with van der Waals surface area (Å²) in [5, 5.41) is 2.52. The fourth-order valence-electron chi connectivity index (χ4n) is 1.32. The van der Waals surface area contributed by atoms with Crippen molar-refractivity contribution in [3.63, 3.8) is 0 Å². The molecular formula is C11H11ClN2OS. The van der Waals surface area contributed by atoms with Crippen molar-refractivity contribution in [2.75, 3.05) is 5.73 Å². The first-order chi connectivity index (χ1) is 7.27. The molecule has 5 heteroatoms. The van der Waals surface area contributed by atoms with Crippen LogP contribution in [0.2, 0.25) is 0 Å². The van der Waals surface area contributed by atoms with Gasteiger partial charge in [0.25, 0.3) is 0 Å². The highest BCUT2D eigenvalue weighted by Crippen LogP contribution is 2.05. The minimum atomic E-state index is 0. The summed E-state index contributed by atoms with van der Waals surface area (Å²) in [6.07, 6.45) is 1.82. The van der Waals surface area contributed by atoms with Gasteiger partial charge >= 0.3 is 5.13 Å². The highest BCUT2D eigenvalue weighted by molar-refractivity contribution is 7.12. The molecule has 0 radical (unpaired) electrons. The summed E-state index contributed by atoms with van der Waals surface area (Å²) in [5.74, 6) is 0.0747. The number of benzene rings is 1. The van der Waals surface area contributed by atoms with E-state index in [-0.39, 0.29) is 18.2 Å². The molecule has 0 aliphatic rings. The molecular weight excluding hydrogens is 244 g/mol. The topological polar surface area (TPSA) is 47.0 Å². The van der Waals surface area contributed by atoms with Crippen molar-refractivity contribution in [3.05, 3.63) is 47.5 Å². The summed E-state index contributed by atoms with van der Waals surface area (Å²) < 4.78 is 1.75. The van der Waals surface area contributed by atoms with E-state index in [1.165, 1.54) is 11.3 Å². The Hall–Kier alpha value is -1.39. The Morgan fingerprint density at radius 3 is 2.56 bits per heavy atom. The number of anilines is 1. The predicted molar refractivity (Wildman–Crippen MR) is 59.7 cm³/mol. The first kappa shape index (κ1) is 12.7. The standard InChI is InChI=1S/C11H10N2OS.ClH/c12-11-13(6-7-15-11)8-10(14)9-4-2-1-3-5-9;/h1-7,12H,8H2;1H. The second-order valence-electron chi connectivity index (χ2n) is 3.16. The lowest BCUT2D eigenvalue weighted by Crippen LogP contribution is -3.00. The number of nitrogens with zero attached hydrogens (tertiary/aromatic N) is 1. The van der Waals surface area contributed by atoms with Crippen molar-refractivity contribution in [2.45, 2.75) is 6.54 Å². The Morgan fingerprint density at radius 2 is 2.00 bits per heavy atom. The summed E-state index contributed by atoms with van der Waals surface area (Å²) in [4.78, 5) is 11.8. The van der Waals surface area contributed by atoms with Gasteiger partial charge in [-0.3, -0.25) is 10.5 Å². The van der Waals surface area contributed by atoms with Crippen LogP contribution in [0.4, 0.5) is 5.13 Å². The molecule has 1 aromatic heterocycles. The largest absolute Gasteiger partial charge is 1.00 e. The van der Waals surface area contributed by atoms with Crippen LogP contribution in [0.15, 0.2) is 41.9 Å². The van der Waals surface area contributed by atoms with Gasteiger partial charge in [0.05, 0.1) is 0 Å². The van der Waals surface area contributed by atoms with Crippen LogP contribution in [-0.2, 0) is 6.54 Å². The van der Waals surface area contributed by atoms with Gasteiger partial charge in [-0.15, -0.1) is 0 Å². The van der Waals surface area contributed by atoms with Gasteiger partial charge in [0.1, 0.15) is 6.20 Å². The van der Waals surface area contributed by atoms with Gasteiger partial charge in [-0.2, -0.15) is 0 Å². The van der Waals surface area contributed by atoms with E-state index < -0.39 is 0 Å². The summed E-state index contributed by atoms with van der Waals surface area (Å²) in [6, 6.07) is 9.23. The van der Waals surface area contributed by atoms with Gasteiger partial charge in [-0.25, -0.2) is 4.57 Å².